The van der Waals surface area contributed by atoms with Crippen LogP contribution >= 0.6 is 11.3 Å². The highest BCUT2D eigenvalue weighted by molar-refractivity contribution is 7.18. The number of carbonyl (C=O) groups is 1. The highest BCUT2D eigenvalue weighted by Crippen LogP contribution is 2.46. The average Bonchev–Trinajstić information content (AvgIpc) is 2.56. The van der Waals surface area contributed by atoms with Gasteiger partial charge in [-0.1, -0.05) is 18.6 Å². The molecule has 1 saturated carbocycles. The number of aliphatic carboxylic acids is 1. The second kappa shape index (κ2) is 3.53. The zero-order valence-electron chi connectivity index (χ0n) is 9.56. The largest absolute Gasteiger partial charge is 0.481 e. The Morgan fingerprint density at radius 1 is 1.47 bits per heavy atom. The maximum Gasteiger partial charge on any atom is 0.314 e. The summed E-state index contributed by atoms with van der Waals surface area (Å²) in [6.07, 6.45) is 2.46. The number of hydrogen-bond donors (Lipinski definition) is 1. The Kier molecular flexibility index (Phi) is 2.23. The molecule has 0 aliphatic heterocycles. The fourth-order valence-electron chi connectivity index (χ4n) is 2.57. The van der Waals surface area contributed by atoms with Crippen LogP contribution in [0.3, 0.4) is 0 Å². The van der Waals surface area contributed by atoms with Crippen molar-refractivity contribution in [3.8, 4) is 0 Å². The van der Waals surface area contributed by atoms with Crippen LogP contribution in [0.5, 0.6) is 0 Å². The molecule has 3 rings (SSSR count). The molecule has 88 valence electrons. The Bertz CT molecular complexity index is 598. The summed E-state index contributed by atoms with van der Waals surface area (Å²) in [6, 6.07) is 5.88. The van der Waals surface area contributed by atoms with Crippen molar-refractivity contribution < 1.29 is 9.90 Å². The number of aromatic nitrogens is 1. The van der Waals surface area contributed by atoms with Gasteiger partial charge in [-0.05, 0) is 31.4 Å². The van der Waals surface area contributed by atoms with E-state index in [0.717, 1.165) is 40.1 Å². The smallest absolute Gasteiger partial charge is 0.314 e. The Hall–Kier alpha value is -1.42. The number of thiazole rings is 1. The average molecular weight is 247 g/mol. The first-order valence-corrected chi connectivity index (χ1v) is 6.55. The SMILES string of the molecule is Cc1nc2c(C3(C(=O)O)CCC3)cccc2s1. The Morgan fingerprint density at radius 2 is 2.24 bits per heavy atom. The molecule has 0 spiro atoms. The molecule has 1 aliphatic carbocycles. The van der Waals surface area contributed by atoms with Crippen LogP contribution in [0.1, 0.15) is 29.8 Å². The molecule has 1 heterocycles. The van der Waals surface area contributed by atoms with E-state index in [1.165, 1.54) is 0 Å². The second-order valence-corrected chi connectivity index (χ2v) is 5.86. The monoisotopic (exact) mass is 247 g/mol. The number of carboxylic acid groups (broad SMARTS) is 1. The highest BCUT2D eigenvalue weighted by atomic mass is 32.1. The minimum absolute atomic E-state index is 0.681. The number of hydrogen-bond acceptors (Lipinski definition) is 3. The van der Waals surface area contributed by atoms with Gasteiger partial charge in [-0.15, -0.1) is 11.3 Å². The van der Waals surface area contributed by atoms with Gasteiger partial charge < -0.3 is 5.11 Å². The molecule has 0 bridgehead atoms. The van der Waals surface area contributed by atoms with Gasteiger partial charge in [-0.25, -0.2) is 4.98 Å². The second-order valence-electron chi connectivity index (χ2n) is 4.63. The van der Waals surface area contributed by atoms with Crippen LogP contribution < -0.4 is 0 Å². The van der Waals surface area contributed by atoms with E-state index in [4.69, 9.17) is 0 Å². The van der Waals surface area contributed by atoms with Crippen molar-refractivity contribution in [3.63, 3.8) is 0 Å². The van der Waals surface area contributed by atoms with Gasteiger partial charge in [0.25, 0.3) is 0 Å². The van der Waals surface area contributed by atoms with Crippen LogP contribution in [0.2, 0.25) is 0 Å². The first-order valence-electron chi connectivity index (χ1n) is 5.73. The van der Waals surface area contributed by atoms with Gasteiger partial charge in [0.1, 0.15) is 0 Å². The fourth-order valence-corrected chi connectivity index (χ4v) is 3.43. The standard InChI is InChI=1S/C13H13NO2S/c1-8-14-11-9(4-2-5-10(11)17-8)13(12(15)16)6-3-7-13/h2,4-5H,3,6-7H2,1H3,(H,15,16). The van der Waals surface area contributed by atoms with Crippen LogP contribution in [0.15, 0.2) is 18.2 Å². The number of nitrogens with zero attached hydrogens (tertiary/aromatic N) is 1. The van der Waals surface area contributed by atoms with Crippen molar-refractivity contribution >= 4 is 27.5 Å². The molecule has 4 heteroatoms. The molecule has 0 unspecified atom stereocenters. The van der Waals surface area contributed by atoms with Gasteiger partial charge in [0.2, 0.25) is 0 Å². The van der Waals surface area contributed by atoms with E-state index in [1.807, 2.05) is 25.1 Å². The van der Waals surface area contributed by atoms with Crippen molar-refractivity contribution in [3.05, 3.63) is 28.8 Å². The molecule has 1 fully saturated rings. The van der Waals surface area contributed by atoms with Crippen LogP contribution in [0.25, 0.3) is 10.2 Å². The van der Waals surface area contributed by atoms with Gasteiger partial charge in [-0.3, -0.25) is 4.79 Å². The molecule has 1 aromatic carbocycles. The number of carboxylic acids is 1. The topological polar surface area (TPSA) is 50.2 Å². The Morgan fingerprint density at radius 3 is 2.82 bits per heavy atom. The maximum atomic E-state index is 11.5. The summed E-state index contributed by atoms with van der Waals surface area (Å²) in [5, 5.41) is 10.5. The molecule has 2 aromatic rings. The lowest BCUT2D eigenvalue weighted by Gasteiger charge is -2.38. The van der Waals surface area contributed by atoms with Crippen LogP contribution in [0, 0.1) is 6.92 Å². The van der Waals surface area contributed by atoms with Crippen molar-refractivity contribution in [2.75, 3.05) is 0 Å². The predicted octanol–water partition coefficient (Wildman–Crippen LogP) is 3.11. The summed E-state index contributed by atoms with van der Waals surface area (Å²) < 4.78 is 1.09. The molecular formula is C13H13NO2S. The third-order valence-electron chi connectivity index (χ3n) is 3.66. The van der Waals surface area contributed by atoms with E-state index in [9.17, 15) is 9.90 Å². The molecule has 0 radical (unpaired) electrons. The lowest BCUT2D eigenvalue weighted by molar-refractivity contribution is -0.147. The summed E-state index contributed by atoms with van der Waals surface area (Å²) in [7, 11) is 0. The lowest BCUT2D eigenvalue weighted by Crippen LogP contribution is -2.42. The summed E-state index contributed by atoms with van der Waals surface area (Å²) in [5.41, 5.74) is 1.11. The Balaban J connectivity index is 2.26. The zero-order chi connectivity index (χ0) is 12.0. The molecule has 0 atom stereocenters. The summed E-state index contributed by atoms with van der Waals surface area (Å²) >= 11 is 1.62. The van der Waals surface area contributed by atoms with Crippen molar-refractivity contribution in [2.24, 2.45) is 0 Å². The maximum absolute atomic E-state index is 11.5. The third-order valence-corrected chi connectivity index (χ3v) is 4.59. The normalized spacial score (nSPS) is 17.9. The van der Waals surface area contributed by atoms with Gasteiger partial charge in [-0.2, -0.15) is 0 Å². The van der Waals surface area contributed by atoms with E-state index in [-0.39, 0.29) is 0 Å². The quantitative estimate of drug-likeness (QED) is 0.887. The molecule has 0 saturated heterocycles. The van der Waals surface area contributed by atoms with E-state index in [0.29, 0.717) is 0 Å². The molecule has 0 amide bonds. The van der Waals surface area contributed by atoms with Crippen molar-refractivity contribution in [2.45, 2.75) is 31.6 Å². The molecular weight excluding hydrogens is 234 g/mol. The van der Waals surface area contributed by atoms with Crippen LogP contribution in [-0.4, -0.2) is 16.1 Å². The molecule has 17 heavy (non-hydrogen) atoms. The summed E-state index contributed by atoms with van der Waals surface area (Å²) in [5.74, 6) is -0.707. The fraction of sp³-hybridized carbons (Fsp3) is 0.385. The summed E-state index contributed by atoms with van der Waals surface area (Å²) in [4.78, 5) is 16.0. The minimum Gasteiger partial charge on any atom is -0.481 e. The minimum atomic E-state index is -0.707. The van der Waals surface area contributed by atoms with Gasteiger partial charge in [0, 0.05) is 0 Å². The molecule has 1 aromatic heterocycles. The lowest BCUT2D eigenvalue weighted by atomic mass is 9.64. The van der Waals surface area contributed by atoms with E-state index in [2.05, 4.69) is 4.98 Å². The zero-order valence-corrected chi connectivity index (χ0v) is 10.4. The first kappa shape index (κ1) is 10.7. The van der Waals surface area contributed by atoms with Crippen molar-refractivity contribution in [1.82, 2.24) is 4.98 Å². The molecule has 1 N–H and O–H groups in total. The molecule has 3 nitrogen and oxygen atoms in total. The molecule has 1 aliphatic rings. The predicted molar refractivity (Wildman–Crippen MR) is 67.5 cm³/mol. The van der Waals surface area contributed by atoms with Crippen LogP contribution in [0.4, 0.5) is 0 Å². The third kappa shape index (κ3) is 1.40. The van der Waals surface area contributed by atoms with E-state index >= 15 is 0 Å². The summed E-state index contributed by atoms with van der Waals surface area (Å²) in [6.45, 7) is 1.96. The first-order chi connectivity index (χ1) is 8.13. The van der Waals surface area contributed by atoms with E-state index in [1.54, 1.807) is 11.3 Å². The Labute approximate surface area is 103 Å². The highest BCUT2D eigenvalue weighted by Gasteiger charge is 2.47. The van der Waals surface area contributed by atoms with Gasteiger partial charge in [0.05, 0.1) is 20.6 Å². The van der Waals surface area contributed by atoms with Gasteiger partial charge >= 0.3 is 5.97 Å². The van der Waals surface area contributed by atoms with Crippen LogP contribution in [-0.2, 0) is 10.2 Å². The number of rotatable bonds is 2. The van der Waals surface area contributed by atoms with Crippen molar-refractivity contribution in [1.29, 1.82) is 0 Å². The number of aryl methyl sites for hydroxylation is 1. The number of benzene rings is 1. The van der Waals surface area contributed by atoms with E-state index < -0.39 is 11.4 Å². The number of para-hydroxylation sites is 1. The number of fused-ring (bicyclic) bond motifs is 1. The van der Waals surface area contributed by atoms with Gasteiger partial charge in [0.15, 0.2) is 0 Å².